The zero-order valence-corrected chi connectivity index (χ0v) is 11.9. The predicted molar refractivity (Wildman–Crippen MR) is 76.1 cm³/mol. The third kappa shape index (κ3) is 4.43. The van der Waals surface area contributed by atoms with Crippen LogP contribution in [0.15, 0.2) is 12.4 Å². The molecule has 10 heteroatoms. The van der Waals surface area contributed by atoms with E-state index in [0.29, 0.717) is 19.5 Å². The molecular weight excluding hydrogens is 292 g/mol. The second-order valence-electron chi connectivity index (χ2n) is 4.96. The number of rotatable bonds is 5. The molecule has 2 rings (SSSR count). The lowest BCUT2D eigenvalue weighted by atomic mass is 10.1. The van der Waals surface area contributed by atoms with Crippen LogP contribution < -0.4 is 16.0 Å². The quantitative estimate of drug-likeness (QED) is 0.510. The first-order valence-corrected chi connectivity index (χ1v) is 7.05. The molecule has 0 aromatic carbocycles. The number of hydrogen-bond acceptors (Lipinski definition) is 5. The predicted octanol–water partition coefficient (Wildman–Crippen LogP) is -0.241. The van der Waals surface area contributed by atoms with Crippen molar-refractivity contribution in [1.29, 1.82) is 0 Å². The van der Waals surface area contributed by atoms with Crippen LogP contribution >= 0.6 is 0 Å². The van der Waals surface area contributed by atoms with Gasteiger partial charge in [-0.1, -0.05) is 0 Å². The van der Waals surface area contributed by atoms with E-state index in [4.69, 9.17) is 0 Å². The van der Waals surface area contributed by atoms with Crippen LogP contribution in [0.25, 0.3) is 0 Å². The zero-order valence-electron chi connectivity index (χ0n) is 11.9. The smallest absolute Gasteiger partial charge is 0.315 e. The van der Waals surface area contributed by atoms with E-state index < -0.39 is 17.0 Å². The Bertz CT molecular complexity index is 558. The van der Waals surface area contributed by atoms with E-state index in [1.807, 2.05) is 0 Å². The molecule has 10 nitrogen and oxygen atoms in total. The highest BCUT2D eigenvalue weighted by Gasteiger charge is 2.22. The molecule has 22 heavy (non-hydrogen) atoms. The average Bonchev–Trinajstić information content (AvgIpc) is 2.86. The van der Waals surface area contributed by atoms with E-state index in [2.05, 4.69) is 21.0 Å². The lowest BCUT2D eigenvalue weighted by Crippen LogP contribution is -2.49. The van der Waals surface area contributed by atoms with Gasteiger partial charge in [0.05, 0.1) is 11.5 Å². The Morgan fingerprint density at radius 1 is 1.55 bits per heavy atom. The summed E-state index contributed by atoms with van der Waals surface area (Å²) in [4.78, 5) is 33.4. The van der Waals surface area contributed by atoms with Gasteiger partial charge in [0.1, 0.15) is 18.4 Å². The molecule has 1 atom stereocenters. The van der Waals surface area contributed by atoms with Crippen molar-refractivity contribution in [1.82, 2.24) is 25.7 Å². The van der Waals surface area contributed by atoms with Gasteiger partial charge in [-0.25, -0.2) is 4.79 Å². The van der Waals surface area contributed by atoms with Crippen LogP contribution in [0.1, 0.15) is 19.3 Å². The van der Waals surface area contributed by atoms with E-state index >= 15 is 0 Å². The maximum atomic E-state index is 11.7. The van der Waals surface area contributed by atoms with E-state index in [9.17, 15) is 19.7 Å². The second kappa shape index (κ2) is 7.38. The fraction of sp³-hybridized carbons (Fsp3) is 0.583. The highest BCUT2D eigenvalue weighted by atomic mass is 16.6. The molecule has 2 heterocycles. The van der Waals surface area contributed by atoms with Crippen LogP contribution in [0.4, 0.5) is 10.5 Å². The third-order valence-electron chi connectivity index (χ3n) is 3.30. The van der Waals surface area contributed by atoms with E-state index in [0.717, 1.165) is 19.0 Å². The van der Waals surface area contributed by atoms with Crippen LogP contribution in [0.5, 0.6) is 0 Å². The summed E-state index contributed by atoms with van der Waals surface area (Å²) in [5.74, 6) is -0.171. The van der Waals surface area contributed by atoms with Gasteiger partial charge in [0.15, 0.2) is 0 Å². The molecule has 0 unspecified atom stereocenters. The molecule has 0 aliphatic carbocycles. The minimum atomic E-state index is -0.533. The summed E-state index contributed by atoms with van der Waals surface area (Å²) in [6, 6.07) is -0.961. The number of hydrogen-bond donors (Lipinski definition) is 3. The number of carbonyl (C=O) groups is 2. The summed E-state index contributed by atoms with van der Waals surface area (Å²) >= 11 is 0. The van der Waals surface area contributed by atoms with Gasteiger partial charge in [-0.2, -0.15) is 5.10 Å². The van der Waals surface area contributed by atoms with Crippen molar-refractivity contribution in [3.63, 3.8) is 0 Å². The average molecular weight is 310 g/mol. The Morgan fingerprint density at radius 2 is 2.36 bits per heavy atom. The molecule has 0 radical (unpaired) electrons. The van der Waals surface area contributed by atoms with Gasteiger partial charge in [0.2, 0.25) is 5.91 Å². The molecule has 1 aromatic heterocycles. The fourth-order valence-corrected chi connectivity index (χ4v) is 2.14. The van der Waals surface area contributed by atoms with Crippen LogP contribution in [0.2, 0.25) is 0 Å². The molecular formula is C12H18N6O4. The monoisotopic (exact) mass is 310 g/mol. The third-order valence-corrected chi connectivity index (χ3v) is 3.30. The van der Waals surface area contributed by atoms with Crippen LogP contribution in [0, 0.1) is 10.1 Å². The normalized spacial score (nSPS) is 18.2. The maximum Gasteiger partial charge on any atom is 0.315 e. The van der Waals surface area contributed by atoms with Gasteiger partial charge in [0, 0.05) is 13.1 Å². The molecule has 120 valence electrons. The maximum absolute atomic E-state index is 11.7. The van der Waals surface area contributed by atoms with Crippen LogP contribution in [-0.4, -0.2) is 45.8 Å². The molecule has 1 saturated heterocycles. The van der Waals surface area contributed by atoms with E-state index in [1.54, 1.807) is 0 Å². The molecule has 0 spiro atoms. The van der Waals surface area contributed by atoms with Gasteiger partial charge >= 0.3 is 11.7 Å². The van der Waals surface area contributed by atoms with Crippen molar-refractivity contribution in [2.75, 3.05) is 13.1 Å². The van der Waals surface area contributed by atoms with Gasteiger partial charge in [-0.15, -0.1) is 0 Å². The minimum Gasteiger partial charge on any atom is -0.354 e. The number of carbonyl (C=O) groups excluding carboxylic acids is 2. The Hall–Kier alpha value is -2.65. The number of urea groups is 1. The van der Waals surface area contributed by atoms with Crippen LogP contribution in [0.3, 0.4) is 0 Å². The molecule has 3 amide bonds. The lowest BCUT2D eigenvalue weighted by Gasteiger charge is -2.15. The first-order chi connectivity index (χ1) is 10.6. The first kappa shape index (κ1) is 15.7. The Kier molecular flexibility index (Phi) is 5.28. The topological polar surface area (TPSA) is 131 Å². The summed E-state index contributed by atoms with van der Waals surface area (Å²) in [6.45, 7) is 1.19. The summed E-state index contributed by atoms with van der Waals surface area (Å²) in [7, 11) is 0. The Labute approximate surface area is 126 Å². The lowest BCUT2D eigenvalue weighted by molar-refractivity contribution is -0.385. The molecule has 0 saturated carbocycles. The SMILES string of the molecule is O=C(NCCn1cc([N+](=O)[O-])cn1)N[C@@H]1CCCCNC1=O. The van der Waals surface area contributed by atoms with Crippen molar-refractivity contribution in [2.24, 2.45) is 0 Å². The van der Waals surface area contributed by atoms with Gasteiger partial charge < -0.3 is 16.0 Å². The van der Waals surface area contributed by atoms with Crippen LogP contribution in [-0.2, 0) is 11.3 Å². The molecule has 1 aromatic rings. The first-order valence-electron chi connectivity index (χ1n) is 7.05. The largest absolute Gasteiger partial charge is 0.354 e. The summed E-state index contributed by atoms with van der Waals surface area (Å²) < 4.78 is 1.37. The van der Waals surface area contributed by atoms with Gasteiger partial charge in [-0.3, -0.25) is 19.6 Å². The fourth-order valence-electron chi connectivity index (χ4n) is 2.14. The van der Waals surface area contributed by atoms with Crippen molar-refractivity contribution < 1.29 is 14.5 Å². The van der Waals surface area contributed by atoms with Crippen molar-refractivity contribution in [3.8, 4) is 0 Å². The Morgan fingerprint density at radius 3 is 3.09 bits per heavy atom. The number of amides is 3. The number of aromatic nitrogens is 2. The Balaban J connectivity index is 1.72. The van der Waals surface area contributed by atoms with E-state index in [1.165, 1.54) is 10.9 Å². The molecule has 1 aliphatic heterocycles. The van der Waals surface area contributed by atoms with Crippen molar-refractivity contribution in [3.05, 3.63) is 22.5 Å². The van der Waals surface area contributed by atoms with Gasteiger partial charge in [-0.05, 0) is 19.3 Å². The van der Waals surface area contributed by atoms with Crippen molar-refractivity contribution >= 4 is 17.6 Å². The standard InChI is InChI=1S/C12H18N6O4/c19-11-10(3-1-2-4-13-11)16-12(20)14-5-6-17-8-9(7-15-17)18(21)22/h7-8,10H,1-6H2,(H,13,19)(H2,14,16,20)/t10-/m1/s1. The number of nitrogens with zero attached hydrogens (tertiary/aromatic N) is 3. The second-order valence-corrected chi connectivity index (χ2v) is 4.96. The molecule has 1 aliphatic rings. The highest BCUT2D eigenvalue weighted by Crippen LogP contribution is 2.07. The number of nitrogens with one attached hydrogen (secondary N) is 3. The molecule has 1 fully saturated rings. The number of nitro groups is 1. The summed E-state index contributed by atoms with van der Waals surface area (Å²) in [5.41, 5.74) is -0.0976. The summed E-state index contributed by atoms with van der Waals surface area (Å²) in [6.07, 6.45) is 4.84. The van der Waals surface area contributed by atoms with E-state index in [-0.39, 0.29) is 18.1 Å². The van der Waals surface area contributed by atoms with Crippen molar-refractivity contribution in [2.45, 2.75) is 31.8 Å². The minimum absolute atomic E-state index is 0.0976. The molecule has 3 N–H and O–H groups in total. The van der Waals surface area contributed by atoms with Gasteiger partial charge in [0.25, 0.3) is 0 Å². The zero-order chi connectivity index (χ0) is 15.9. The summed E-state index contributed by atoms with van der Waals surface area (Å²) in [5, 5.41) is 22.3. The molecule has 0 bridgehead atoms. The highest BCUT2D eigenvalue weighted by molar-refractivity contribution is 5.87.